The minimum atomic E-state index is 0.0995. The molecule has 0 aliphatic carbocycles. The summed E-state index contributed by atoms with van der Waals surface area (Å²) in [6.45, 7) is 3.55. The summed E-state index contributed by atoms with van der Waals surface area (Å²) in [6, 6.07) is 13.8. The van der Waals surface area contributed by atoms with Crippen LogP contribution in [0.2, 0.25) is 0 Å². The normalized spacial score (nSPS) is 24.6. The van der Waals surface area contributed by atoms with Gasteiger partial charge in [0.05, 0.1) is 6.61 Å². The molecule has 0 aromatic heterocycles. The van der Waals surface area contributed by atoms with Crippen LogP contribution < -0.4 is 10.2 Å². The third kappa shape index (κ3) is 2.41. The fourth-order valence-corrected chi connectivity index (χ4v) is 5.21. The molecule has 0 amide bonds. The molecule has 1 saturated heterocycles. The molecule has 0 saturated carbocycles. The van der Waals surface area contributed by atoms with Crippen molar-refractivity contribution in [2.45, 2.75) is 44.2 Å². The van der Waals surface area contributed by atoms with Crippen molar-refractivity contribution in [3.63, 3.8) is 0 Å². The van der Waals surface area contributed by atoms with Gasteiger partial charge in [-0.2, -0.15) is 0 Å². The lowest BCUT2D eigenvalue weighted by atomic mass is 9.86. The molecule has 3 nitrogen and oxygen atoms in total. The highest BCUT2D eigenvalue weighted by atomic mass is 16.3. The molecule has 2 N–H and O–H groups in total. The number of hydrogen-bond acceptors (Lipinski definition) is 3. The van der Waals surface area contributed by atoms with Gasteiger partial charge < -0.3 is 15.3 Å². The zero-order valence-corrected chi connectivity index (χ0v) is 14.7. The smallest absolute Gasteiger partial charge is 0.0687 e. The van der Waals surface area contributed by atoms with E-state index < -0.39 is 0 Å². The number of fused-ring (bicyclic) bond motifs is 3. The Bertz CT molecular complexity index is 801. The lowest BCUT2D eigenvalue weighted by molar-refractivity contribution is 0.282. The number of hydrogen-bond donors (Lipinski definition) is 2. The van der Waals surface area contributed by atoms with Crippen LogP contribution in [0, 0.1) is 0 Å². The number of nitrogens with one attached hydrogen (secondary N) is 1. The largest absolute Gasteiger partial charge is 0.392 e. The van der Waals surface area contributed by atoms with Gasteiger partial charge in [-0.25, -0.2) is 0 Å². The highest BCUT2D eigenvalue weighted by molar-refractivity contribution is 5.77. The molecule has 3 aliphatic rings. The quantitative estimate of drug-likeness (QED) is 0.883. The Morgan fingerprint density at radius 3 is 3.00 bits per heavy atom. The summed E-state index contributed by atoms with van der Waals surface area (Å²) in [5, 5.41) is 13.4. The Labute approximate surface area is 149 Å². The van der Waals surface area contributed by atoms with Gasteiger partial charge in [0.1, 0.15) is 0 Å². The molecular formula is C22H26N2O. The van der Waals surface area contributed by atoms with Crippen LogP contribution in [0.3, 0.4) is 0 Å². The maximum Gasteiger partial charge on any atom is 0.0687 e. The van der Waals surface area contributed by atoms with Crippen LogP contribution in [-0.4, -0.2) is 30.8 Å². The molecule has 2 aromatic carbocycles. The number of aryl methyl sites for hydroxylation is 1. The molecule has 2 atom stereocenters. The number of rotatable bonds is 2. The second-order valence-electron chi connectivity index (χ2n) is 7.71. The van der Waals surface area contributed by atoms with E-state index in [0.717, 1.165) is 18.7 Å². The minimum absolute atomic E-state index is 0.0995. The van der Waals surface area contributed by atoms with Gasteiger partial charge >= 0.3 is 0 Å². The third-order valence-electron chi connectivity index (χ3n) is 6.34. The SMILES string of the molecule is OCc1ccccc1-c1cc2c3c(c1)C1CNCCC1N3CCCC2. The molecule has 0 spiro atoms. The highest BCUT2D eigenvalue weighted by Crippen LogP contribution is 2.48. The summed E-state index contributed by atoms with van der Waals surface area (Å²) in [7, 11) is 0. The maximum absolute atomic E-state index is 9.77. The minimum Gasteiger partial charge on any atom is -0.392 e. The number of benzene rings is 2. The molecule has 2 unspecified atom stereocenters. The molecule has 0 bridgehead atoms. The molecule has 3 heterocycles. The first kappa shape index (κ1) is 15.4. The van der Waals surface area contributed by atoms with Gasteiger partial charge in [0.2, 0.25) is 0 Å². The van der Waals surface area contributed by atoms with E-state index in [4.69, 9.17) is 0 Å². The number of nitrogens with zero attached hydrogens (tertiary/aromatic N) is 1. The van der Waals surface area contributed by atoms with E-state index in [-0.39, 0.29) is 6.61 Å². The fraction of sp³-hybridized carbons (Fsp3) is 0.455. The molecule has 5 rings (SSSR count). The Kier molecular flexibility index (Phi) is 3.79. The van der Waals surface area contributed by atoms with E-state index in [2.05, 4.69) is 34.5 Å². The molecule has 3 aliphatic heterocycles. The summed E-state index contributed by atoms with van der Waals surface area (Å²) in [4.78, 5) is 2.73. The predicted molar refractivity (Wildman–Crippen MR) is 102 cm³/mol. The van der Waals surface area contributed by atoms with Crippen molar-refractivity contribution in [3.05, 3.63) is 53.1 Å². The number of anilines is 1. The van der Waals surface area contributed by atoms with Crippen LogP contribution in [0.15, 0.2) is 36.4 Å². The summed E-state index contributed by atoms with van der Waals surface area (Å²) in [6.07, 6.45) is 5.01. The van der Waals surface area contributed by atoms with Gasteiger partial charge in [-0.05, 0) is 72.2 Å². The van der Waals surface area contributed by atoms with E-state index in [0.29, 0.717) is 12.0 Å². The van der Waals surface area contributed by atoms with Crippen molar-refractivity contribution < 1.29 is 5.11 Å². The van der Waals surface area contributed by atoms with Crippen LogP contribution in [0.1, 0.15) is 41.9 Å². The molecule has 3 heteroatoms. The number of aliphatic hydroxyl groups is 1. The van der Waals surface area contributed by atoms with Crippen LogP contribution in [0.5, 0.6) is 0 Å². The lowest BCUT2D eigenvalue weighted by Gasteiger charge is -2.33. The standard InChI is InChI=1S/C22H26N2O/c25-14-16-6-1-2-7-18(16)17-11-15-5-3-4-10-24-21-8-9-23-13-20(21)19(12-17)22(15)24/h1-2,6-7,11-12,20-21,23,25H,3-5,8-10,13-14H2. The van der Waals surface area contributed by atoms with Gasteiger partial charge in [-0.3, -0.25) is 0 Å². The predicted octanol–water partition coefficient (Wildman–Crippen LogP) is 3.45. The van der Waals surface area contributed by atoms with Crippen LogP contribution >= 0.6 is 0 Å². The van der Waals surface area contributed by atoms with Crippen molar-refractivity contribution in [2.24, 2.45) is 0 Å². The summed E-state index contributed by atoms with van der Waals surface area (Å²) < 4.78 is 0. The Hall–Kier alpha value is -1.84. The van der Waals surface area contributed by atoms with Gasteiger partial charge in [-0.1, -0.05) is 24.3 Å². The van der Waals surface area contributed by atoms with E-state index >= 15 is 0 Å². The van der Waals surface area contributed by atoms with Crippen molar-refractivity contribution in [1.29, 1.82) is 0 Å². The van der Waals surface area contributed by atoms with Gasteiger partial charge in [0.15, 0.2) is 0 Å². The molecule has 25 heavy (non-hydrogen) atoms. The molecule has 130 valence electrons. The molecule has 1 fully saturated rings. The van der Waals surface area contributed by atoms with Crippen molar-refractivity contribution in [2.75, 3.05) is 24.5 Å². The molecule has 0 radical (unpaired) electrons. The highest BCUT2D eigenvalue weighted by Gasteiger charge is 2.41. The van der Waals surface area contributed by atoms with Gasteiger partial charge in [0.25, 0.3) is 0 Å². The summed E-state index contributed by atoms with van der Waals surface area (Å²) >= 11 is 0. The summed E-state index contributed by atoms with van der Waals surface area (Å²) in [5.74, 6) is 0.613. The Morgan fingerprint density at radius 2 is 2.08 bits per heavy atom. The van der Waals surface area contributed by atoms with Gasteiger partial charge in [-0.15, -0.1) is 0 Å². The zero-order valence-electron chi connectivity index (χ0n) is 14.7. The van der Waals surface area contributed by atoms with Crippen molar-refractivity contribution in [1.82, 2.24) is 5.32 Å². The summed E-state index contributed by atoms with van der Waals surface area (Å²) in [5.41, 5.74) is 8.10. The topological polar surface area (TPSA) is 35.5 Å². The Morgan fingerprint density at radius 1 is 1.16 bits per heavy atom. The first-order chi connectivity index (χ1) is 12.4. The monoisotopic (exact) mass is 334 g/mol. The maximum atomic E-state index is 9.77. The van der Waals surface area contributed by atoms with E-state index in [1.54, 1.807) is 11.3 Å². The number of piperidine rings is 1. The third-order valence-corrected chi connectivity index (χ3v) is 6.34. The van der Waals surface area contributed by atoms with Crippen molar-refractivity contribution >= 4 is 5.69 Å². The van der Waals surface area contributed by atoms with Crippen LogP contribution in [-0.2, 0) is 13.0 Å². The van der Waals surface area contributed by atoms with E-state index in [9.17, 15) is 5.11 Å². The second-order valence-corrected chi connectivity index (χ2v) is 7.71. The molecular weight excluding hydrogens is 308 g/mol. The molecule has 2 aromatic rings. The van der Waals surface area contributed by atoms with E-state index in [1.165, 1.54) is 48.9 Å². The lowest BCUT2D eigenvalue weighted by Crippen LogP contribution is -2.44. The second kappa shape index (κ2) is 6.15. The van der Waals surface area contributed by atoms with Crippen LogP contribution in [0.25, 0.3) is 11.1 Å². The zero-order chi connectivity index (χ0) is 16.8. The van der Waals surface area contributed by atoms with Crippen molar-refractivity contribution in [3.8, 4) is 11.1 Å². The van der Waals surface area contributed by atoms with E-state index in [1.807, 2.05) is 12.1 Å². The first-order valence-corrected chi connectivity index (χ1v) is 9.70. The average Bonchev–Trinajstić information content (AvgIpc) is 2.83. The first-order valence-electron chi connectivity index (χ1n) is 9.70. The fourth-order valence-electron chi connectivity index (χ4n) is 5.21. The Balaban J connectivity index is 1.69. The average molecular weight is 334 g/mol. The van der Waals surface area contributed by atoms with Gasteiger partial charge in [0, 0.05) is 30.7 Å². The van der Waals surface area contributed by atoms with Crippen LogP contribution in [0.4, 0.5) is 5.69 Å². The number of aliphatic hydroxyl groups excluding tert-OH is 1.